The quantitative estimate of drug-likeness (QED) is 0.774. The van der Waals surface area contributed by atoms with Crippen LogP contribution in [0.15, 0.2) is 48.5 Å². The van der Waals surface area contributed by atoms with Gasteiger partial charge in [-0.05, 0) is 41.8 Å². The van der Waals surface area contributed by atoms with E-state index < -0.39 is 17.8 Å². The molecule has 1 atom stereocenters. The topological polar surface area (TPSA) is 26.7 Å². The number of hydrogen-bond donors (Lipinski definition) is 1. The first kappa shape index (κ1) is 21.1. The van der Waals surface area contributed by atoms with Gasteiger partial charge in [-0.25, -0.2) is 0 Å². The van der Waals surface area contributed by atoms with Crippen LogP contribution in [0.4, 0.5) is 13.2 Å². The standard InChI is InChI=1S/C21H24ClF3N2O/c22-19-3-1-2-17(12-19)14-26-8-10-27(11-9-26)15-20(28)13-16-4-6-18(7-5-16)21(23,24)25/h1-7,12,20,28H,8-11,13-15H2/t20-/m1/s1. The molecule has 0 radical (unpaired) electrons. The van der Waals surface area contributed by atoms with Crippen LogP contribution in [0.5, 0.6) is 0 Å². The molecular formula is C21H24ClF3N2O. The number of alkyl halides is 3. The number of hydrogen-bond acceptors (Lipinski definition) is 3. The van der Waals surface area contributed by atoms with Crippen molar-refractivity contribution in [3.05, 3.63) is 70.2 Å². The lowest BCUT2D eigenvalue weighted by Crippen LogP contribution is -2.48. The highest BCUT2D eigenvalue weighted by Crippen LogP contribution is 2.29. The number of β-amino-alcohol motifs (C(OH)–C–C–N with tert-alkyl or cyclic N) is 1. The van der Waals surface area contributed by atoms with Gasteiger partial charge in [0.25, 0.3) is 0 Å². The zero-order valence-corrected chi connectivity index (χ0v) is 16.3. The van der Waals surface area contributed by atoms with Gasteiger partial charge in [-0.15, -0.1) is 0 Å². The minimum atomic E-state index is -4.33. The number of aliphatic hydroxyl groups excluding tert-OH is 1. The van der Waals surface area contributed by atoms with Crippen LogP contribution in [-0.2, 0) is 19.1 Å². The van der Waals surface area contributed by atoms with Crippen LogP contribution in [0.25, 0.3) is 0 Å². The van der Waals surface area contributed by atoms with E-state index in [-0.39, 0.29) is 0 Å². The van der Waals surface area contributed by atoms with Crippen molar-refractivity contribution in [3.8, 4) is 0 Å². The van der Waals surface area contributed by atoms with E-state index in [9.17, 15) is 18.3 Å². The predicted octanol–water partition coefficient (Wildman–Crippen LogP) is 4.08. The summed E-state index contributed by atoms with van der Waals surface area (Å²) < 4.78 is 37.8. The maximum atomic E-state index is 12.6. The predicted molar refractivity (Wildman–Crippen MR) is 104 cm³/mol. The van der Waals surface area contributed by atoms with Gasteiger partial charge in [0, 0.05) is 44.3 Å². The number of aliphatic hydroxyl groups is 1. The van der Waals surface area contributed by atoms with E-state index in [0.29, 0.717) is 18.5 Å². The molecule has 1 aliphatic heterocycles. The summed E-state index contributed by atoms with van der Waals surface area (Å²) in [7, 11) is 0. The highest BCUT2D eigenvalue weighted by atomic mass is 35.5. The fourth-order valence-corrected chi connectivity index (χ4v) is 3.70. The molecule has 1 N–H and O–H groups in total. The first-order valence-corrected chi connectivity index (χ1v) is 9.71. The Kier molecular flexibility index (Phi) is 6.99. The first-order valence-electron chi connectivity index (χ1n) is 9.33. The molecule has 0 spiro atoms. The van der Waals surface area contributed by atoms with Crippen LogP contribution in [-0.4, -0.2) is 53.7 Å². The minimum absolute atomic E-state index is 0.348. The average Bonchev–Trinajstić information content (AvgIpc) is 2.63. The summed E-state index contributed by atoms with van der Waals surface area (Å²) in [5.41, 5.74) is 1.23. The molecule has 3 rings (SSSR count). The Bertz CT molecular complexity index is 759. The number of nitrogens with zero attached hydrogens (tertiary/aromatic N) is 2. The molecule has 0 unspecified atom stereocenters. The second-order valence-electron chi connectivity index (χ2n) is 7.26. The Morgan fingerprint density at radius 3 is 2.18 bits per heavy atom. The molecule has 152 valence electrons. The van der Waals surface area contributed by atoms with Gasteiger partial charge >= 0.3 is 6.18 Å². The van der Waals surface area contributed by atoms with E-state index in [2.05, 4.69) is 15.9 Å². The van der Waals surface area contributed by atoms with Crippen LogP contribution in [0.3, 0.4) is 0 Å². The lowest BCUT2D eigenvalue weighted by Gasteiger charge is -2.35. The third kappa shape index (κ3) is 6.21. The molecule has 1 saturated heterocycles. The summed E-state index contributed by atoms with van der Waals surface area (Å²) in [4.78, 5) is 4.55. The molecule has 28 heavy (non-hydrogen) atoms. The smallest absolute Gasteiger partial charge is 0.391 e. The largest absolute Gasteiger partial charge is 0.416 e. The van der Waals surface area contributed by atoms with E-state index >= 15 is 0 Å². The van der Waals surface area contributed by atoms with Gasteiger partial charge < -0.3 is 5.11 Å². The fourth-order valence-electron chi connectivity index (χ4n) is 3.49. The number of benzene rings is 2. The molecule has 0 aliphatic carbocycles. The average molecular weight is 413 g/mol. The molecule has 0 saturated carbocycles. The van der Waals surface area contributed by atoms with Crippen molar-refractivity contribution >= 4 is 11.6 Å². The summed E-state index contributed by atoms with van der Waals surface area (Å²) in [6, 6.07) is 12.9. The Balaban J connectivity index is 1.43. The highest BCUT2D eigenvalue weighted by molar-refractivity contribution is 6.30. The van der Waals surface area contributed by atoms with Crippen LogP contribution in [0.2, 0.25) is 5.02 Å². The van der Waals surface area contributed by atoms with Gasteiger partial charge in [0.2, 0.25) is 0 Å². The van der Waals surface area contributed by atoms with Crippen molar-refractivity contribution in [2.45, 2.75) is 25.2 Å². The van der Waals surface area contributed by atoms with Gasteiger partial charge in [0.1, 0.15) is 0 Å². The molecule has 0 aromatic heterocycles. The summed E-state index contributed by atoms with van der Waals surface area (Å²) in [6.07, 6.45) is -4.58. The lowest BCUT2D eigenvalue weighted by molar-refractivity contribution is -0.137. The van der Waals surface area contributed by atoms with Crippen molar-refractivity contribution in [1.82, 2.24) is 9.80 Å². The van der Waals surface area contributed by atoms with Crippen molar-refractivity contribution in [3.63, 3.8) is 0 Å². The first-order chi connectivity index (χ1) is 13.3. The van der Waals surface area contributed by atoms with Gasteiger partial charge in [0.15, 0.2) is 0 Å². The lowest BCUT2D eigenvalue weighted by atomic mass is 10.0. The third-order valence-corrected chi connectivity index (χ3v) is 5.22. The van der Waals surface area contributed by atoms with E-state index in [4.69, 9.17) is 11.6 Å². The Morgan fingerprint density at radius 1 is 0.929 bits per heavy atom. The molecule has 1 fully saturated rings. The summed E-state index contributed by atoms with van der Waals surface area (Å²) >= 11 is 6.03. The fraction of sp³-hybridized carbons (Fsp3) is 0.429. The molecule has 2 aromatic carbocycles. The van der Waals surface area contributed by atoms with E-state index in [1.807, 2.05) is 18.2 Å². The van der Waals surface area contributed by atoms with Gasteiger partial charge in [0.05, 0.1) is 11.7 Å². The van der Waals surface area contributed by atoms with Crippen LogP contribution in [0, 0.1) is 0 Å². The molecule has 1 aliphatic rings. The Hall–Kier alpha value is -1.60. The molecular weight excluding hydrogens is 389 g/mol. The van der Waals surface area contributed by atoms with Crippen molar-refractivity contribution < 1.29 is 18.3 Å². The van der Waals surface area contributed by atoms with Crippen LogP contribution < -0.4 is 0 Å². The molecule has 0 bridgehead atoms. The van der Waals surface area contributed by atoms with Gasteiger partial charge in [-0.1, -0.05) is 35.9 Å². The summed E-state index contributed by atoms with van der Waals surface area (Å²) in [5.74, 6) is 0. The van der Waals surface area contributed by atoms with Gasteiger partial charge in [-0.3, -0.25) is 9.80 Å². The van der Waals surface area contributed by atoms with Crippen LogP contribution in [0.1, 0.15) is 16.7 Å². The second kappa shape index (κ2) is 9.27. The number of halogens is 4. The third-order valence-electron chi connectivity index (χ3n) is 4.98. The molecule has 3 nitrogen and oxygen atoms in total. The van der Waals surface area contributed by atoms with Crippen molar-refractivity contribution in [2.24, 2.45) is 0 Å². The van der Waals surface area contributed by atoms with Crippen LogP contribution >= 0.6 is 11.6 Å². The zero-order chi connectivity index (χ0) is 20.1. The maximum absolute atomic E-state index is 12.6. The SMILES string of the molecule is O[C@H](Cc1ccc(C(F)(F)F)cc1)CN1CCN(Cc2cccc(Cl)c2)CC1. The van der Waals surface area contributed by atoms with Crippen molar-refractivity contribution in [1.29, 1.82) is 0 Å². The van der Waals surface area contributed by atoms with Gasteiger partial charge in [-0.2, -0.15) is 13.2 Å². The summed E-state index contributed by atoms with van der Waals surface area (Å²) in [6.45, 7) is 4.88. The number of rotatable bonds is 6. The second-order valence-corrected chi connectivity index (χ2v) is 7.70. The monoisotopic (exact) mass is 412 g/mol. The molecule has 2 aromatic rings. The van der Waals surface area contributed by atoms with E-state index in [1.165, 1.54) is 17.7 Å². The normalized spacial score (nSPS) is 17.6. The molecule has 7 heteroatoms. The maximum Gasteiger partial charge on any atom is 0.416 e. The Morgan fingerprint density at radius 2 is 1.57 bits per heavy atom. The highest BCUT2D eigenvalue weighted by Gasteiger charge is 2.30. The zero-order valence-electron chi connectivity index (χ0n) is 15.5. The Labute approximate surface area is 168 Å². The summed E-state index contributed by atoms with van der Waals surface area (Å²) in [5, 5.41) is 11.1. The molecule has 0 amide bonds. The molecule has 1 heterocycles. The van der Waals surface area contributed by atoms with E-state index in [0.717, 1.165) is 49.9 Å². The van der Waals surface area contributed by atoms with E-state index in [1.54, 1.807) is 0 Å². The van der Waals surface area contributed by atoms with Crippen molar-refractivity contribution in [2.75, 3.05) is 32.7 Å². The minimum Gasteiger partial charge on any atom is -0.391 e. The number of piperazine rings is 1.